The number of nitrogens with zero attached hydrogens (tertiary/aromatic N) is 3. The normalized spacial score (nSPS) is 16.6. The zero-order chi connectivity index (χ0) is 15.0. The standard InChI is InChI=1S/C15H19N3OS2/c1-9-10(2)20-13-12(9)14(17-8-16-13)21-11(3)15(19)18-6-4-5-7-18/h8,11H,4-7H2,1-3H3. The first-order chi connectivity index (χ1) is 10.1. The van der Waals surface area contributed by atoms with Crippen molar-refractivity contribution in [3.05, 3.63) is 16.8 Å². The van der Waals surface area contributed by atoms with E-state index >= 15 is 0 Å². The predicted octanol–water partition coefficient (Wildman–Crippen LogP) is 3.41. The number of amides is 1. The third-order valence-corrected chi connectivity index (χ3v) is 6.19. The fraction of sp³-hybridized carbons (Fsp3) is 0.533. The molecule has 1 unspecified atom stereocenters. The molecule has 0 aromatic carbocycles. The fourth-order valence-electron chi connectivity index (χ4n) is 2.65. The number of fused-ring (bicyclic) bond motifs is 1. The molecule has 0 N–H and O–H groups in total. The zero-order valence-corrected chi connectivity index (χ0v) is 14.2. The summed E-state index contributed by atoms with van der Waals surface area (Å²) >= 11 is 3.25. The Morgan fingerprint density at radius 3 is 2.76 bits per heavy atom. The molecule has 0 bridgehead atoms. The highest BCUT2D eigenvalue weighted by Crippen LogP contribution is 2.36. The van der Waals surface area contributed by atoms with Crippen LogP contribution in [-0.2, 0) is 4.79 Å². The molecule has 2 aromatic heterocycles. The molecule has 6 heteroatoms. The maximum Gasteiger partial charge on any atom is 0.235 e. The van der Waals surface area contributed by atoms with E-state index in [0.717, 1.165) is 41.2 Å². The molecule has 1 aliphatic heterocycles. The van der Waals surface area contributed by atoms with Crippen molar-refractivity contribution in [3.63, 3.8) is 0 Å². The van der Waals surface area contributed by atoms with Crippen molar-refractivity contribution in [2.75, 3.05) is 13.1 Å². The molecule has 112 valence electrons. The molecule has 1 saturated heterocycles. The summed E-state index contributed by atoms with van der Waals surface area (Å²) in [6, 6.07) is 0. The summed E-state index contributed by atoms with van der Waals surface area (Å²) < 4.78 is 0. The minimum Gasteiger partial charge on any atom is -0.342 e. The number of carbonyl (C=O) groups excluding carboxylic acids is 1. The quantitative estimate of drug-likeness (QED) is 0.642. The third kappa shape index (κ3) is 2.79. The monoisotopic (exact) mass is 321 g/mol. The molecular weight excluding hydrogens is 302 g/mol. The van der Waals surface area contributed by atoms with E-state index in [-0.39, 0.29) is 11.2 Å². The van der Waals surface area contributed by atoms with Crippen LogP contribution in [0.3, 0.4) is 0 Å². The highest BCUT2D eigenvalue weighted by molar-refractivity contribution is 8.00. The SMILES string of the molecule is Cc1sc2ncnc(SC(C)C(=O)N3CCCC3)c2c1C. The predicted molar refractivity (Wildman–Crippen MR) is 88.0 cm³/mol. The van der Waals surface area contributed by atoms with Gasteiger partial charge in [0.25, 0.3) is 0 Å². The molecular formula is C15H19N3OS2. The van der Waals surface area contributed by atoms with E-state index in [9.17, 15) is 4.79 Å². The van der Waals surface area contributed by atoms with E-state index in [1.54, 1.807) is 29.4 Å². The second-order valence-electron chi connectivity index (χ2n) is 5.43. The zero-order valence-electron chi connectivity index (χ0n) is 12.5. The van der Waals surface area contributed by atoms with E-state index in [1.807, 2.05) is 11.8 Å². The number of aromatic nitrogens is 2. The Kier molecular flexibility index (Phi) is 4.17. The Morgan fingerprint density at radius 1 is 1.33 bits per heavy atom. The molecule has 3 heterocycles. The lowest BCUT2D eigenvalue weighted by Gasteiger charge is -2.19. The Bertz CT molecular complexity index is 677. The van der Waals surface area contributed by atoms with Crippen LogP contribution in [-0.4, -0.2) is 39.1 Å². The lowest BCUT2D eigenvalue weighted by molar-refractivity contribution is -0.129. The van der Waals surface area contributed by atoms with Gasteiger partial charge in [0.2, 0.25) is 5.91 Å². The van der Waals surface area contributed by atoms with Gasteiger partial charge in [-0.3, -0.25) is 4.79 Å². The van der Waals surface area contributed by atoms with Crippen LogP contribution in [0.4, 0.5) is 0 Å². The molecule has 0 spiro atoms. The molecule has 4 nitrogen and oxygen atoms in total. The molecule has 2 aromatic rings. The van der Waals surface area contributed by atoms with Crippen molar-refractivity contribution in [2.24, 2.45) is 0 Å². The minimum atomic E-state index is -0.0965. The van der Waals surface area contributed by atoms with Crippen molar-refractivity contribution in [1.82, 2.24) is 14.9 Å². The van der Waals surface area contributed by atoms with Gasteiger partial charge in [0, 0.05) is 23.4 Å². The number of aryl methyl sites for hydroxylation is 2. The van der Waals surface area contributed by atoms with Crippen molar-refractivity contribution >= 4 is 39.2 Å². The molecule has 0 radical (unpaired) electrons. The van der Waals surface area contributed by atoms with E-state index in [0.29, 0.717) is 0 Å². The minimum absolute atomic E-state index is 0.0965. The number of thiophene rings is 1. The van der Waals surface area contributed by atoms with Crippen molar-refractivity contribution in [1.29, 1.82) is 0 Å². The molecule has 1 fully saturated rings. The van der Waals surface area contributed by atoms with E-state index in [4.69, 9.17) is 0 Å². The van der Waals surface area contributed by atoms with Gasteiger partial charge >= 0.3 is 0 Å². The van der Waals surface area contributed by atoms with Crippen LogP contribution in [0.5, 0.6) is 0 Å². The van der Waals surface area contributed by atoms with Crippen LogP contribution in [0.15, 0.2) is 11.4 Å². The van der Waals surface area contributed by atoms with Gasteiger partial charge in [0.15, 0.2) is 0 Å². The summed E-state index contributed by atoms with van der Waals surface area (Å²) in [6.07, 6.45) is 3.86. The number of rotatable bonds is 3. The average Bonchev–Trinajstić information content (AvgIpc) is 3.08. The number of likely N-dealkylation sites (tertiary alicyclic amines) is 1. The molecule has 1 atom stereocenters. The summed E-state index contributed by atoms with van der Waals surface area (Å²) in [5, 5.41) is 1.95. The van der Waals surface area contributed by atoms with Crippen LogP contribution >= 0.6 is 23.1 Å². The second-order valence-corrected chi connectivity index (χ2v) is 7.97. The van der Waals surface area contributed by atoms with E-state index in [1.165, 1.54) is 10.4 Å². The largest absolute Gasteiger partial charge is 0.342 e. The third-order valence-electron chi connectivity index (χ3n) is 3.98. The van der Waals surface area contributed by atoms with Crippen molar-refractivity contribution in [2.45, 2.75) is 43.9 Å². The Labute approximate surface area is 133 Å². The Balaban J connectivity index is 1.85. The fourth-order valence-corrected chi connectivity index (χ4v) is 4.77. The van der Waals surface area contributed by atoms with Crippen LogP contribution < -0.4 is 0 Å². The van der Waals surface area contributed by atoms with Crippen LogP contribution in [0, 0.1) is 13.8 Å². The molecule has 1 amide bonds. The van der Waals surface area contributed by atoms with Gasteiger partial charge in [-0.2, -0.15) is 0 Å². The van der Waals surface area contributed by atoms with Crippen LogP contribution in [0.1, 0.15) is 30.2 Å². The highest BCUT2D eigenvalue weighted by Gasteiger charge is 2.25. The first-order valence-electron chi connectivity index (χ1n) is 7.24. The molecule has 0 aliphatic carbocycles. The second kappa shape index (κ2) is 5.93. The van der Waals surface area contributed by atoms with Crippen molar-refractivity contribution in [3.8, 4) is 0 Å². The summed E-state index contributed by atoms with van der Waals surface area (Å²) in [6.45, 7) is 8.00. The molecule has 3 rings (SSSR count). The summed E-state index contributed by atoms with van der Waals surface area (Å²) in [5.74, 6) is 0.230. The summed E-state index contributed by atoms with van der Waals surface area (Å²) in [4.78, 5) is 25.5. The van der Waals surface area contributed by atoms with Crippen LogP contribution in [0.25, 0.3) is 10.2 Å². The Hall–Kier alpha value is -1.14. The number of carbonyl (C=O) groups is 1. The number of thioether (sulfide) groups is 1. The van der Waals surface area contributed by atoms with Gasteiger partial charge in [0.05, 0.1) is 5.25 Å². The smallest absolute Gasteiger partial charge is 0.235 e. The lowest BCUT2D eigenvalue weighted by Crippen LogP contribution is -2.34. The van der Waals surface area contributed by atoms with Gasteiger partial charge < -0.3 is 4.90 Å². The summed E-state index contributed by atoms with van der Waals surface area (Å²) in [7, 11) is 0. The van der Waals surface area contributed by atoms with Gasteiger partial charge in [-0.1, -0.05) is 11.8 Å². The van der Waals surface area contributed by atoms with Gasteiger partial charge in [0.1, 0.15) is 16.2 Å². The van der Waals surface area contributed by atoms with Gasteiger partial charge in [-0.05, 0) is 39.2 Å². The van der Waals surface area contributed by atoms with Crippen LogP contribution in [0.2, 0.25) is 0 Å². The van der Waals surface area contributed by atoms with Gasteiger partial charge in [-0.25, -0.2) is 9.97 Å². The molecule has 21 heavy (non-hydrogen) atoms. The topological polar surface area (TPSA) is 46.1 Å². The molecule has 1 aliphatic rings. The first kappa shape index (κ1) is 14.8. The first-order valence-corrected chi connectivity index (χ1v) is 8.93. The highest BCUT2D eigenvalue weighted by atomic mass is 32.2. The van der Waals surface area contributed by atoms with E-state index in [2.05, 4.69) is 23.8 Å². The van der Waals surface area contributed by atoms with Gasteiger partial charge in [-0.15, -0.1) is 11.3 Å². The maximum absolute atomic E-state index is 12.4. The lowest BCUT2D eigenvalue weighted by atomic mass is 10.2. The van der Waals surface area contributed by atoms with Crippen molar-refractivity contribution < 1.29 is 4.79 Å². The van der Waals surface area contributed by atoms with E-state index < -0.39 is 0 Å². The summed E-state index contributed by atoms with van der Waals surface area (Å²) in [5.41, 5.74) is 1.24. The maximum atomic E-state index is 12.4. The Morgan fingerprint density at radius 2 is 2.05 bits per heavy atom. The average molecular weight is 321 g/mol. The number of hydrogen-bond donors (Lipinski definition) is 0. The number of hydrogen-bond acceptors (Lipinski definition) is 5. The molecule has 0 saturated carbocycles.